The fourth-order valence-corrected chi connectivity index (χ4v) is 1.65. The fourth-order valence-electron chi connectivity index (χ4n) is 1.65. The molecule has 1 atom stereocenters. The number of piperazine rings is 1. The van der Waals surface area contributed by atoms with Crippen molar-refractivity contribution in [1.29, 1.82) is 0 Å². The molecule has 0 radical (unpaired) electrons. The molecule has 1 fully saturated rings. The van der Waals surface area contributed by atoms with Crippen molar-refractivity contribution in [1.82, 2.24) is 9.80 Å². The number of carboxylic acids is 1. The van der Waals surface area contributed by atoms with Gasteiger partial charge < -0.3 is 10.0 Å². The molecule has 0 aromatic carbocycles. The highest BCUT2D eigenvalue weighted by Gasteiger charge is 2.26. The van der Waals surface area contributed by atoms with E-state index in [-0.39, 0.29) is 5.91 Å². The van der Waals surface area contributed by atoms with E-state index < -0.39 is 12.0 Å². The van der Waals surface area contributed by atoms with Gasteiger partial charge in [-0.15, -0.1) is 0 Å². The standard InChI is InChI=1S/C11H16N2O3/c1-3-4-10(14)13-7-5-12(6-8-13)9(2)11(15)16/h9H,5-8H2,1-2H3,(H,15,16). The number of nitrogens with zero attached hydrogens (tertiary/aromatic N) is 2. The predicted molar refractivity (Wildman–Crippen MR) is 58.7 cm³/mol. The second-order valence-corrected chi connectivity index (χ2v) is 3.72. The quantitative estimate of drug-likeness (QED) is 0.650. The molecule has 1 N–H and O–H groups in total. The van der Waals surface area contributed by atoms with Crippen LogP contribution in [0.3, 0.4) is 0 Å². The summed E-state index contributed by atoms with van der Waals surface area (Å²) in [4.78, 5) is 25.7. The molecule has 1 aliphatic heterocycles. The maximum Gasteiger partial charge on any atom is 0.320 e. The lowest BCUT2D eigenvalue weighted by atomic mass is 10.2. The summed E-state index contributed by atoms with van der Waals surface area (Å²) in [5.41, 5.74) is 0. The first-order valence-electron chi connectivity index (χ1n) is 5.24. The van der Waals surface area contributed by atoms with Crippen molar-refractivity contribution in [2.75, 3.05) is 26.2 Å². The van der Waals surface area contributed by atoms with Crippen LogP contribution in [0.15, 0.2) is 0 Å². The van der Waals surface area contributed by atoms with Gasteiger partial charge in [0.15, 0.2) is 0 Å². The van der Waals surface area contributed by atoms with Crippen molar-refractivity contribution in [3.63, 3.8) is 0 Å². The smallest absolute Gasteiger partial charge is 0.320 e. The van der Waals surface area contributed by atoms with E-state index >= 15 is 0 Å². The van der Waals surface area contributed by atoms with Crippen LogP contribution in [0, 0.1) is 11.8 Å². The maximum atomic E-state index is 11.4. The maximum absolute atomic E-state index is 11.4. The molecule has 0 spiro atoms. The minimum atomic E-state index is -0.826. The minimum absolute atomic E-state index is 0.176. The van der Waals surface area contributed by atoms with Crippen molar-refractivity contribution in [2.45, 2.75) is 19.9 Å². The van der Waals surface area contributed by atoms with Gasteiger partial charge in [-0.05, 0) is 19.8 Å². The van der Waals surface area contributed by atoms with Gasteiger partial charge in [-0.3, -0.25) is 14.5 Å². The summed E-state index contributed by atoms with van der Waals surface area (Å²) in [6, 6.07) is -0.491. The van der Waals surface area contributed by atoms with E-state index in [1.165, 1.54) is 0 Å². The number of carboxylic acid groups (broad SMARTS) is 1. The van der Waals surface area contributed by atoms with Crippen LogP contribution in [0.1, 0.15) is 13.8 Å². The number of amides is 1. The normalized spacial score (nSPS) is 18.5. The highest BCUT2D eigenvalue weighted by molar-refractivity contribution is 5.93. The lowest BCUT2D eigenvalue weighted by Gasteiger charge is -2.35. The lowest BCUT2D eigenvalue weighted by Crippen LogP contribution is -2.52. The molecule has 1 unspecified atom stereocenters. The minimum Gasteiger partial charge on any atom is -0.480 e. The molecular weight excluding hydrogens is 208 g/mol. The zero-order valence-corrected chi connectivity index (χ0v) is 9.56. The van der Waals surface area contributed by atoms with E-state index in [2.05, 4.69) is 11.8 Å². The third-order valence-electron chi connectivity index (χ3n) is 2.74. The molecular formula is C11H16N2O3. The average molecular weight is 224 g/mol. The molecule has 1 amide bonds. The van der Waals surface area contributed by atoms with Crippen LogP contribution in [-0.4, -0.2) is 59.0 Å². The number of hydrogen-bond acceptors (Lipinski definition) is 3. The molecule has 1 saturated heterocycles. The molecule has 1 aliphatic rings. The van der Waals surface area contributed by atoms with Crippen LogP contribution in [0.2, 0.25) is 0 Å². The highest BCUT2D eigenvalue weighted by Crippen LogP contribution is 2.06. The SMILES string of the molecule is CC#CC(=O)N1CCN(C(C)C(=O)O)CC1. The molecule has 88 valence electrons. The van der Waals surface area contributed by atoms with Crippen LogP contribution < -0.4 is 0 Å². The molecule has 0 bridgehead atoms. The summed E-state index contributed by atoms with van der Waals surface area (Å²) in [6.07, 6.45) is 0. The van der Waals surface area contributed by atoms with E-state index in [0.29, 0.717) is 26.2 Å². The molecule has 0 aromatic heterocycles. The summed E-state index contributed by atoms with van der Waals surface area (Å²) < 4.78 is 0. The van der Waals surface area contributed by atoms with Crippen molar-refractivity contribution < 1.29 is 14.7 Å². The number of rotatable bonds is 2. The Morgan fingerprint density at radius 2 is 1.81 bits per heavy atom. The number of carbonyl (C=O) groups is 2. The molecule has 5 heteroatoms. The van der Waals surface area contributed by atoms with Crippen LogP contribution in [0.5, 0.6) is 0 Å². The Morgan fingerprint density at radius 3 is 2.25 bits per heavy atom. The highest BCUT2D eigenvalue weighted by atomic mass is 16.4. The summed E-state index contributed by atoms with van der Waals surface area (Å²) in [7, 11) is 0. The molecule has 0 aliphatic carbocycles. The van der Waals surface area contributed by atoms with Crippen molar-refractivity contribution in [3.05, 3.63) is 0 Å². The number of carbonyl (C=O) groups excluding carboxylic acids is 1. The van der Waals surface area contributed by atoms with E-state index in [0.717, 1.165) is 0 Å². The van der Waals surface area contributed by atoms with Crippen LogP contribution >= 0.6 is 0 Å². The van der Waals surface area contributed by atoms with Gasteiger partial charge in [-0.2, -0.15) is 0 Å². The number of aliphatic carboxylic acids is 1. The van der Waals surface area contributed by atoms with E-state index in [4.69, 9.17) is 5.11 Å². The predicted octanol–water partition coefficient (Wildman–Crippen LogP) is -0.373. The van der Waals surface area contributed by atoms with Gasteiger partial charge in [-0.25, -0.2) is 0 Å². The summed E-state index contributed by atoms with van der Waals surface area (Å²) in [5.74, 6) is 4.05. The molecule has 1 rings (SSSR count). The summed E-state index contributed by atoms with van der Waals surface area (Å²) >= 11 is 0. The Bertz CT molecular complexity index is 335. The van der Waals surface area contributed by atoms with Crippen LogP contribution in [0.25, 0.3) is 0 Å². The first-order valence-corrected chi connectivity index (χ1v) is 5.24. The molecule has 0 aromatic rings. The average Bonchev–Trinajstić information content (AvgIpc) is 2.28. The Labute approximate surface area is 95.0 Å². The van der Waals surface area contributed by atoms with Crippen LogP contribution in [-0.2, 0) is 9.59 Å². The van der Waals surface area contributed by atoms with E-state index in [9.17, 15) is 9.59 Å². The van der Waals surface area contributed by atoms with Gasteiger partial charge in [0.1, 0.15) is 6.04 Å². The first kappa shape index (κ1) is 12.5. The molecule has 0 saturated carbocycles. The van der Waals surface area contributed by atoms with Gasteiger partial charge in [0.2, 0.25) is 0 Å². The third-order valence-corrected chi connectivity index (χ3v) is 2.74. The van der Waals surface area contributed by atoms with Crippen LogP contribution in [0.4, 0.5) is 0 Å². The second-order valence-electron chi connectivity index (χ2n) is 3.72. The Morgan fingerprint density at radius 1 is 1.25 bits per heavy atom. The third kappa shape index (κ3) is 2.97. The topological polar surface area (TPSA) is 60.9 Å². The lowest BCUT2D eigenvalue weighted by molar-refractivity contribution is -0.143. The Balaban J connectivity index is 2.47. The van der Waals surface area contributed by atoms with Crippen molar-refractivity contribution in [3.8, 4) is 11.8 Å². The second kappa shape index (κ2) is 5.52. The zero-order chi connectivity index (χ0) is 12.1. The van der Waals surface area contributed by atoms with Gasteiger partial charge >= 0.3 is 5.97 Å². The molecule has 1 heterocycles. The van der Waals surface area contributed by atoms with Gasteiger partial charge in [0.05, 0.1) is 0 Å². The molecule has 5 nitrogen and oxygen atoms in total. The van der Waals surface area contributed by atoms with Gasteiger partial charge in [0, 0.05) is 26.2 Å². The summed E-state index contributed by atoms with van der Waals surface area (Å²) in [6.45, 7) is 5.55. The fraction of sp³-hybridized carbons (Fsp3) is 0.636. The van der Waals surface area contributed by atoms with E-state index in [1.54, 1.807) is 18.7 Å². The zero-order valence-electron chi connectivity index (χ0n) is 9.56. The first-order chi connectivity index (χ1) is 7.56. The Hall–Kier alpha value is -1.54. The van der Waals surface area contributed by atoms with E-state index in [1.807, 2.05) is 4.90 Å². The molecule has 16 heavy (non-hydrogen) atoms. The van der Waals surface area contributed by atoms with Gasteiger partial charge in [-0.1, -0.05) is 5.92 Å². The largest absolute Gasteiger partial charge is 0.480 e. The number of hydrogen-bond donors (Lipinski definition) is 1. The van der Waals surface area contributed by atoms with Crippen molar-refractivity contribution in [2.24, 2.45) is 0 Å². The monoisotopic (exact) mass is 224 g/mol. The summed E-state index contributed by atoms with van der Waals surface area (Å²) in [5, 5.41) is 8.85. The van der Waals surface area contributed by atoms with Gasteiger partial charge in [0.25, 0.3) is 5.91 Å². The van der Waals surface area contributed by atoms with Crippen molar-refractivity contribution >= 4 is 11.9 Å². The Kier molecular flexibility index (Phi) is 4.32.